The summed E-state index contributed by atoms with van der Waals surface area (Å²) in [6, 6.07) is 16.0. The van der Waals surface area contributed by atoms with Gasteiger partial charge < -0.3 is 4.42 Å². The summed E-state index contributed by atoms with van der Waals surface area (Å²) in [6.45, 7) is 0. The van der Waals surface area contributed by atoms with Crippen LogP contribution >= 0.6 is 11.6 Å². The zero-order chi connectivity index (χ0) is 15.5. The quantitative estimate of drug-likeness (QED) is 0.751. The number of nitrogens with one attached hydrogen (secondary N) is 1. The normalized spacial score (nSPS) is 10.6. The summed E-state index contributed by atoms with van der Waals surface area (Å²) in [7, 11) is 0. The predicted octanol–water partition coefficient (Wildman–Crippen LogP) is 3.64. The third kappa shape index (κ3) is 2.61. The number of carbonyl (C=O) groups excluding carboxylic acids is 1. The van der Waals surface area contributed by atoms with Crippen LogP contribution < -0.4 is 10.7 Å². The molecule has 1 heterocycles. The summed E-state index contributed by atoms with van der Waals surface area (Å²) in [5.74, 6) is -0.539. The molecule has 3 rings (SSSR count). The van der Waals surface area contributed by atoms with Gasteiger partial charge in [0.25, 0.3) is 0 Å². The first-order chi connectivity index (χ1) is 10.7. The lowest BCUT2D eigenvalue weighted by Crippen LogP contribution is -2.17. The monoisotopic (exact) mass is 313 g/mol. The number of hydrogen-bond donors (Lipinski definition) is 1. The van der Waals surface area contributed by atoms with Crippen LogP contribution in [0.4, 0.5) is 5.88 Å². The number of rotatable bonds is 3. The number of fused-ring (bicyclic) bond motifs is 1. The summed E-state index contributed by atoms with van der Waals surface area (Å²) in [5, 5.41) is 3.02. The van der Waals surface area contributed by atoms with Crippen molar-refractivity contribution in [3.63, 3.8) is 0 Å². The Kier molecular flexibility index (Phi) is 3.94. The Balaban J connectivity index is 2.31. The molecule has 5 heteroatoms. The molecule has 22 heavy (non-hydrogen) atoms. The summed E-state index contributed by atoms with van der Waals surface area (Å²) >= 11 is 5.53. The Morgan fingerprint density at radius 3 is 2.45 bits per heavy atom. The molecule has 0 spiro atoms. The van der Waals surface area contributed by atoms with Crippen LogP contribution in [0.15, 0.2) is 63.8 Å². The average Bonchev–Trinajstić information content (AvgIpc) is 2.56. The van der Waals surface area contributed by atoms with E-state index >= 15 is 0 Å². The highest BCUT2D eigenvalue weighted by Gasteiger charge is 2.17. The molecule has 0 fully saturated rings. The number of para-hydroxylation sites is 1. The van der Waals surface area contributed by atoms with Crippen molar-refractivity contribution in [3.05, 3.63) is 64.8 Å². The van der Waals surface area contributed by atoms with Gasteiger partial charge in [-0.2, -0.15) is 0 Å². The van der Waals surface area contributed by atoms with E-state index in [4.69, 9.17) is 16.0 Å². The highest BCUT2D eigenvalue weighted by atomic mass is 35.5. The minimum atomic E-state index is -0.433. The van der Waals surface area contributed by atoms with E-state index in [-0.39, 0.29) is 17.2 Å². The molecular formula is C17H12ClNO3. The molecule has 110 valence electrons. The molecular weight excluding hydrogens is 302 g/mol. The van der Waals surface area contributed by atoms with E-state index in [1.54, 1.807) is 36.4 Å². The van der Waals surface area contributed by atoms with Crippen molar-refractivity contribution in [3.8, 4) is 11.1 Å². The summed E-state index contributed by atoms with van der Waals surface area (Å²) in [6.07, 6.45) is 0. The second-order valence-electron chi connectivity index (χ2n) is 4.68. The second-order valence-corrected chi connectivity index (χ2v) is 4.95. The minimum Gasteiger partial charge on any atom is -0.439 e. The van der Waals surface area contributed by atoms with E-state index in [2.05, 4.69) is 5.32 Å². The first-order valence-corrected chi connectivity index (χ1v) is 7.21. The van der Waals surface area contributed by atoms with E-state index in [1.165, 1.54) is 0 Å². The van der Waals surface area contributed by atoms with Gasteiger partial charge in [-0.1, -0.05) is 42.5 Å². The molecule has 2 aromatic carbocycles. The lowest BCUT2D eigenvalue weighted by molar-refractivity contribution is -0.114. The smallest absolute Gasteiger partial charge is 0.241 e. The van der Waals surface area contributed by atoms with Crippen LogP contribution in [0.3, 0.4) is 0 Å². The fraction of sp³-hybridized carbons (Fsp3) is 0.0588. The molecule has 0 radical (unpaired) electrons. The Morgan fingerprint density at radius 1 is 1.05 bits per heavy atom. The number of anilines is 1. The highest BCUT2D eigenvalue weighted by molar-refractivity contribution is 6.29. The largest absolute Gasteiger partial charge is 0.439 e. The first kappa shape index (κ1) is 14.4. The Labute approximate surface area is 131 Å². The third-order valence-electron chi connectivity index (χ3n) is 3.23. The zero-order valence-corrected chi connectivity index (χ0v) is 12.3. The molecule has 0 aliphatic carbocycles. The minimum absolute atomic E-state index is 0.112. The maximum atomic E-state index is 12.8. The lowest BCUT2D eigenvalue weighted by atomic mass is 10.0. The van der Waals surface area contributed by atoms with Crippen LogP contribution in [0.25, 0.3) is 22.1 Å². The van der Waals surface area contributed by atoms with E-state index in [0.29, 0.717) is 22.1 Å². The first-order valence-electron chi connectivity index (χ1n) is 6.68. The molecule has 1 aromatic heterocycles. The Bertz CT molecular complexity index is 887. The molecule has 0 aliphatic rings. The molecule has 3 aromatic rings. The molecule has 1 amide bonds. The van der Waals surface area contributed by atoms with Crippen molar-refractivity contribution in [2.24, 2.45) is 0 Å². The average molecular weight is 314 g/mol. The van der Waals surface area contributed by atoms with Crippen LogP contribution in [0, 0.1) is 0 Å². The van der Waals surface area contributed by atoms with Gasteiger partial charge in [-0.15, -0.1) is 11.6 Å². The number of amides is 1. The van der Waals surface area contributed by atoms with Gasteiger partial charge in [-0.05, 0) is 17.7 Å². The third-order valence-corrected chi connectivity index (χ3v) is 3.48. The SMILES string of the molecule is O=C(CCl)Nc1oc2ccccc2c(=O)c1-c1ccccc1. The van der Waals surface area contributed by atoms with Crippen molar-refractivity contribution >= 4 is 34.4 Å². The number of hydrogen-bond acceptors (Lipinski definition) is 3. The molecule has 4 nitrogen and oxygen atoms in total. The summed E-state index contributed by atoms with van der Waals surface area (Å²) in [4.78, 5) is 24.4. The van der Waals surface area contributed by atoms with Crippen molar-refractivity contribution in [1.29, 1.82) is 0 Å². The molecule has 1 N–H and O–H groups in total. The topological polar surface area (TPSA) is 59.3 Å². The molecule has 0 unspecified atom stereocenters. The van der Waals surface area contributed by atoms with Crippen molar-refractivity contribution in [2.45, 2.75) is 0 Å². The molecule has 0 bridgehead atoms. The van der Waals surface area contributed by atoms with E-state index in [0.717, 1.165) is 0 Å². The van der Waals surface area contributed by atoms with Crippen LogP contribution in [0.5, 0.6) is 0 Å². The van der Waals surface area contributed by atoms with Crippen LogP contribution in [0.2, 0.25) is 0 Å². The van der Waals surface area contributed by atoms with Gasteiger partial charge in [0.15, 0.2) is 0 Å². The van der Waals surface area contributed by atoms with Crippen molar-refractivity contribution in [2.75, 3.05) is 11.2 Å². The summed E-state index contributed by atoms with van der Waals surface area (Å²) < 4.78 is 5.71. The lowest BCUT2D eigenvalue weighted by Gasteiger charge is -2.10. The fourth-order valence-electron chi connectivity index (χ4n) is 2.26. The van der Waals surface area contributed by atoms with Gasteiger partial charge >= 0.3 is 0 Å². The molecule has 0 aliphatic heterocycles. The van der Waals surface area contributed by atoms with E-state index in [9.17, 15) is 9.59 Å². The fourth-order valence-corrected chi connectivity index (χ4v) is 2.32. The zero-order valence-electron chi connectivity index (χ0n) is 11.5. The van der Waals surface area contributed by atoms with Gasteiger partial charge in [-0.3, -0.25) is 14.9 Å². The van der Waals surface area contributed by atoms with E-state index in [1.807, 2.05) is 18.2 Å². The second kappa shape index (κ2) is 6.03. The molecule has 0 saturated carbocycles. The van der Waals surface area contributed by atoms with Gasteiger partial charge in [0.05, 0.1) is 10.9 Å². The summed E-state index contributed by atoms with van der Waals surface area (Å²) in [5.41, 5.74) is 1.21. The molecule has 0 saturated heterocycles. The number of alkyl halides is 1. The number of benzene rings is 2. The highest BCUT2D eigenvalue weighted by Crippen LogP contribution is 2.28. The van der Waals surface area contributed by atoms with Gasteiger partial charge in [0.2, 0.25) is 17.2 Å². The Hall–Kier alpha value is -2.59. The van der Waals surface area contributed by atoms with Crippen LogP contribution in [-0.2, 0) is 4.79 Å². The maximum Gasteiger partial charge on any atom is 0.241 e. The predicted molar refractivity (Wildman–Crippen MR) is 87.3 cm³/mol. The maximum absolute atomic E-state index is 12.8. The number of carbonyl (C=O) groups is 1. The van der Waals surface area contributed by atoms with Crippen molar-refractivity contribution in [1.82, 2.24) is 0 Å². The Morgan fingerprint density at radius 2 is 1.73 bits per heavy atom. The standard InChI is InChI=1S/C17H12ClNO3/c18-10-14(20)19-17-15(11-6-2-1-3-7-11)16(21)12-8-4-5-9-13(12)22-17/h1-9H,10H2,(H,19,20). The van der Waals surface area contributed by atoms with Gasteiger partial charge in [0.1, 0.15) is 11.5 Å². The van der Waals surface area contributed by atoms with Gasteiger partial charge in [-0.25, -0.2) is 0 Å². The van der Waals surface area contributed by atoms with Gasteiger partial charge in [0, 0.05) is 0 Å². The van der Waals surface area contributed by atoms with Crippen LogP contribution in [-0.4, -0.2) is 11.8 Å². The number of halogens is 1. The van der Waals surface area contributed by atoms with Crippen molar-refractivity contribution < 1.29 is 9.21 Å². The van der Waals surface area contributed by atoms with E-state index < -0.39 is 5.91 Å². The molecule has 0 atom stereocenters. The van der Waals surface area contributed by atoms with Crippen LogP contribution in [0.1, 0.15) is 0 Å².